The van der Waals surface area contributed by atoms with E-state index in [1.165, 1.54) is 16.7 Å². The second-order valence-electron chi connectivity index (χ2n) is 4.21. The minimum absolute atomic E-state index is 0.290. The zero-order chi connectivity index (χ0) is 11.5. The summed E-state index contributed by atoms with van der Waals surface area (Å²) in [6.07, 6.45) is 3.65. The zero-order valence-electron chi connectivity index (χ0n) is 9.91. The Balaban J connectivity index is 2.17. The number of H-pyrrole nitrogens is 1. The zero-order valence-corrected chi connectivity index (χ0v) is 9.91. The molecule has 1 atom stereocenters. The van der Waals surface area contributed by atoms with Crippen molar-refractivity contribution in [3.63, 3.8) is 0 Å². The molecule has 0 aliphatic carbocycles. The smallest absolute Gasteiger partial charge is 0.0728 e. The second kappa shape index (κ2) is 4.39. The van der Waals surface area contributed by atoms with Gasteiger partial charge in [-0.2, -0.15) is 5.10 Å². The van der Waals surface area contributed by atoms with Gasteiger partial charge in [0.25, 0.3) is 0 Å². The van der Waals surface area contributed by atoms with E-state index in [-0.39, 0.29) is 6.04 Å². The van der Waals surface area contributed by atoms with E-state index in [0.717, 1.165) is 5.69 Å². The monoisotopic (exact) mass is 215 g/mol. The van der Waals surface area contributed by atoms with Crippen molar-refractivity contribution in [3.05, 3.63) is 47.3 Å². The van der Waals surface area contributed by atoms with Crippen LogP contribution in [0.3, 0.4) is 0 Å². The molecule has 0 aliphatic rings. The van der Waals surface area contributed by atoms with Crippen LogP contribution in [0.4, 0.5) is 5.69 Å². The molecule has 2 N–H and O–H groups in total. The highest BCUT2D eigenvalue weighted by Gasteiger charge is 2.08. The second-order valence-corrected chi connectivity index (χ2v) is 4.21. The molecule has 2 aromatic rings. The number of nitrogens with one attached hydrogen (secondary N) is 2. The number of hydrogen-bond donors (Lipinski definition) is 2. The molecule has 0 saturated carbocycles. The van der Waals surface area contributed by atoms with Crippen LogP contribution >= 0.6 is 0 Å². The summed E-state index contributed by atoms with van der Waals surface area (Å²) >= 11 is 0. The Hall–Kier alpha value is -1.77. The lowest BCUT2D eigenvalue weighted by Gasteiger charge is -2.16. The number of aryl methyl sites for hydroxylation is 2. The van der Waals surface area contributed by atoms with Gasteiger partial charge in [0.1, 0.15) is 0 Å². The summed E-state index contributed by atoms with van der Waals surface area (Å²) in [5.41, 5.74) is 4.97. The molecule has 0 spiro atoms. The lowest BCUT2D eigenvalue weighted by Crippen LogP contribution is -2.07. The first-order chi connectivity index (χ1) is 7.66. The van der Waals surface area contributed by atoms with E-state index in [0.29, 0.717) is 0 Å². The molecule has 3 nitrogen and oxygen atoms in total. The van der Waals surface area contributed by atoms with Crippen molar-refractivity contribution in [3.8, 4) is 0 Å². The number of anilines is 1. The molecule has 3 heteroatoms. The first kappa shape index (κ1) is 10.7. The maximum Gasteiger partial charge on any atom is 0.0728 e. The Morgan fingerprint density at radius 2 is 2.12 bits per heavy atom. The van der Waals surface area contributed by atoms with Crippen LogP contribution in [0.15, 0.2) is 30.6 Å². The lowest BCUT2D eigenvalue weighted by atomic mass is 10.0. The van der Waals surface area contributed by atoms with Crippen LogP contribution in [0.1, 0.15) is 29.7 Å². The molecule has 16 heavy (non-hydrogen) atoms. The molecule has 1 aromatic carbocycles. The molecule has 84 valence electrons. The van der Waals surface area contributed by atoms with Gasteiger partial charge in [-0.1, -0.05) is 23.8 Å². The van der Waals surface area contributed by atoms with Gasteiger partial charge in [0, 0.05) is 12.2 Å². The van der Waals surface area contributed by atoms with Gasteiger partial charge in [-0.3, -0.25) is 5.10 Å². The summed E-state index contributed by atoms with van der Waals surface area (Å²) in [5, 5.41) is 10.1. The highest BCUT2D eigenvalue weighted by atomic mass is 15.1. The van der Waals surface area contributed by atoms with Crippen molar-refractivity contribution in [2.24, 2.45) is 0 Å². The predicted molar refractivity (Wildman–Crippen MR) is 66.5 cm³/mol. The van der Waals surface area contributed by atoms with Gasteiger partial charge in [0.15, 0.2) is 0 Å². The van der Waals surface area contributed by atoms with Crippen molar-refractivity contribution in [1.29, 1.82) is 0 Å². The van der Waals surface area contributed by atoms with E-state index in [1.54, 1.807) is 6.20 Å². The number of aromatic nitrogens is 2. The normalized spacial score (nSPS) is 12.4. The van der Waals surface area contributed by atoms with Gasteiger partial charge in [-0.15, -0.1) is 0 Å². The van der Waals surface area contributed by atoms with Gasteiger partial charge < -0.3 is 5.32 Å². The average Bonchev–Trinajstić information content (AvgIpc) is 2.70. The van der Waals surface area contributed by atoms with E-state index >= 15 is 0 Å². The first-order valence-electron chi connectivity index (χ1n) is 5.49. The van der Waals surface area contributed by atoms with Crippen LogP contribution < -0.4 is 5.32 Å². The van der Waals surface area contributed by atoms with Crippen LogP contribution in [0.2, 0.25) is 0 Å². The van der Waals surface area contributed by atoms with Crippen molar-refractivity contribution in [2.45, 2.75) is 26.8 Å². The maximum atomic E-state index is 3.92. The fraction of sp³-hybridized carbons (Fsp3) is 0.308. The standard InChI is InChI=1S/C13H17N3/c1-9-4-5-13(10(2)6-9)11(3)16-12-7-14-15-8-12/h4-8,11,16H,1-3H3,(H,14,15). The maximum absolute atomic E-state index is 3.92. The van der Waals surface area contributed by atoms with E-state index < -0.39 is 0 Å². The summed E-state index contributed by atoms with van der Waals surface area (Å²) in [5.74, 6) is 0. The predicted octanol–water partition coefficient (Wildman–Crippen LogP) is 3.20. The Morgan fingerprint density at radius 3 is 2.75 bits per heavy atom. The molecule has 2 rings (SSSR count). The topological polar surface area (TPSA) is 40.7 Å². The van der Waals surface area contributed by atoms with E-state index in [1.807, 2.05) is 6.20 Å². The Bertz CT molecular complexity index is 460. The number of benzene rings is 1. The van der Waals surface area contributed by atoms with Gasteiger partial charge in [-0.05, 0) is 31.9 Å². The SMILES string of the molecule is Cc1ccc(C(C)Nc2cn[nH]c2)c(C)c1. The fourth-order valence-corrected chi connectivity index (χ4v) is 1.97. The van der Waals surface area contributed by atoms with Gasteiger partial charge in [0.05, 0.1) is 11.9 Å². The first-order valence-corrected chi connectivity index (χ1v) is 5.49. The minimum Gasteiger partial charge on any atom is -0.376 e. The highest BCUT2D eigenvalue weighted by molar-refractivity contribution is 5.43. The van der Waals surface area contributed by atoms with Crippen molar-refractivity contribution in [1.82, 2.24) is 10.2 Å². The lowest BCUT2D eigenvalue weighted by molar-refractivity contribution is 0.873. The molecule has 0 bridgehead atoms. The summed E-state index contributed by atoms with van der Waals surface area (Å²) in [4.78, 5) is 0. The largest absolute Gasteiger partial charge is 0.376 e. The Kier molecular flexibility index (Phi) is 2.95. The third-order valence-electron chi connectivity index (χ3n) is 2.77. The average molecular weight is 215 g/mol. The molecule has 0 radical (unpaired) electrons. The molecule has 1 unspecified atom stereocenters. The molecular formula is C13H17N3. The van der Waals surface area contributed by atoms with E-state index in [4.69, 9.17) is 0 Å². The third-order valence-corrected chi connectivity index (χ3v) is 2.77. The Morgan fingerprint density at radius 1 is 1.31 bits per heavy atom. The van der Waals surface area contributed by atoms with Gasteiger partial charge >= 0.3 is 0 Å². The summed E-state index contributed by atoms with van der Waals surface area (Å²) in [6, 6.07) is 6.83. The van der Waals surface area contributed by atoms with Gasteiger partial charge in [-0.25, -0.2) is 0 Å². The number of nitrogens with zero attached hydrogens (tertiary/aromatic N) is 1. The van der Waals surface area contributed by atoms with Crippen molar-refractivity contribution in [2.75, 3.05) is 5.32 Å². The molecule has 0 saturated heterocycles. The molecule has 0 fully saturated rings. The summed E-state index contributed by atoms with van der Waals surface area (Å²) in [6.45, 7) is 6.42. The van der Waals surface area contributed by atoms with Crippen LogP contribution in [0.5, 0.6) is 0 Å². The number of rotatable bonds is 3. The van der Waals surface area contributed by atoms with E-state index in [9.17, 15) is 0 Å². The molecule has 1 heterocycles. The van der Waals surface area contributed by atoms with Crippen molar-refractivity contribution >= 4 is 5.69 Å². The van der Waals surface area contributed by atoms with Crippen LogP contribution in [0.25, 0.3) is 0 Å². The Labute approximate surface area is 95.9 Å². The summed E-state index contributed by atoms with van der Waals surface area (Å²) in [7, 11) is 0. The van der Waals surface area contributed by atoms with Crippen molar-refractivity contribution < 1.29 is 0 Å². The molecule has 1 aromatic heterocycles. The molecule has 0 amide bonds. The third kappa shape index (κ3) is 2.24. The number of hydrogen-bond acceptors (Lipinski definition) is 2. The fourth-order valence-electron chi connectivity index (χ4n) is 1.97. The van der Waals surface area contributed by atoms with Crippen LogP contribution in [-0.4, -0.2) is 10.2 Å². The quantitative estimate of drug-likeness (QED) is 0.825. The molecular weight excluding hydrogens is 198 g/mol. The van der Waals surface area contributed by atoms with Crippen LogP contribution in [0, 0.1) is 13.8 Å². The van der Waals surface area contributed by atoms with Crippen LogP contribution in [-0.2, 0) is 0 Å². The molecule has 0 aliphatic heterocycles. The van der Waals surface area contributed by atoms with Gasteiger partial charge in [0.2, 0.25) is 0 Å². The number of aromatic amines is 1. The highest BCUT2D eigenvalue weighted by Crippen LogP contribution is 2.22. The van der Waals surface area contributed by atoms with E-state index in [2.05, 4.69) is 54.5 Å². The summed E-state index contributed by atoms with van der Waals surface area (Å²) < 4.78 is 0. The minimum atomic E-state index is 0.290.